The van der Waals surface area contributed by atoms with Gasteiger partial charge in [0.25, 0.3) is 0 Å². The molecule has 2 heteroatoms. The van der Waals surface area contributed by atoms with Crippen molar-refractivity contribution in [2.45, 2.75) is 71.8 Å². The molecule has 0 atom stereocenters. The van der Waals surface area contributed by atoms with Gasteiger partial charge in [-0.2, -0.15) is 0 Å². The van der Waals surface area contributed by atoms with E-state index in [0.717, 1.165) is 31.5 Å². The van der Waals surface area contributed by atoms with Gasteiger partial charge in [-0.3, -0.25) is 0 Å². The van der Waals surface area contributed by atoms with Crippen molar-refractivity contribution in [2.75, 3.05) is 19.7 Å². The number of hydrogen-bond donors (Lipinski definition) is 1. The highest BCUT2D eigenvalue weighted by molar-refractivity contribution is 4.89. The second-order valence-electron chi connectivity index (χ2n) is 6.35. The quantitative estimate of drug-likeness (QED) is 0.708. The summed E-state index contributed by atoms with van der Waals surface area (Å²) < 4.78 is 6.31. The minimum Gasteiger partial charge on any atom is -0.374 e. The summed E-state index contributed by atoms with van der Waals surface area (Å²) in [4.78, 5) is 0. The molecule has 0 spiro atoms. The molecule has 2 nitrogen and oxygen atoms in total. The maximum Gasteiger partial charge on any atom is 0.0806 e. The van der Waals surface area contributed by atoms with Crippen LogP contribution in [-0.2, 0) is 4.74 Å². The predicted molar refractivity (Wildman–Crippen MR) is 78.9 cm³/mol. The van der Waals surface area contributed by atoms with Crippen LogP contribution in [0.5, 0.6) is 0 Å². The summed E-state index contributed by atoms with van der Waals surface area (Å²) in [5.41, 5.74) is 0.135. The Labute approximate surface area is 114 Å². The normalized spacial score (nSPS) is 28.8. The van der Waals surface area contributed by atoms with E-state index in [0.29, 0.717) is 0 Å². The molecule has 0 bridgehead atoms. The van der Waals surface area contributed by atoms with E-state index in [1.165, 1.54) is 38.5 Å². The smallest absolute Gasteiger partial charge is 0.0806 e. The lowest BCUT2D eigenvalue weighted by molar-refractivity contribution is -0.0792. The van der Waals surface area contributed by atoms with E-state index in [9.17, 15) is 0 Å². The van der Waals surface area contributed by atoms with Crippen LogP contribution in [0.2, 0.25) is 0 Å². The lowest BCUT2D eigenvalue weighted by Crippen LogP contribution is -2.46. The van der Waals surface area contributed by atoms with Crippen LogP contribution in [0.25, 0.3) is 0 Å². The Kier molecular flexibility index (Phi) is 7.25. The first-order valence-electron chi connectivity index (χ1n) is 7.96. The Balaban J connectivity index is 2.43. The van der Waals surface area contributed by atoms with E-state index in [1.54, 1.807) is 0 Å². The van der Waals surface area contributed by atoms with E-state index in [-0.39, 0.29) is 5.60 Å². The maximum absolute atomic E-state index is 6.31. The van der Waals surface area contributed by atoms with Crippen LogP contribution >= 0.6 is 0 Å². The molecule has 0 aliphatic heterocycles. The van der Waals surface area contributed by atoms with Gasteiger partial charge in [0.1, 0.15) is 0 Å². The zero-order valence-electron chi connectivity index (χ0n) is 12.9. The monoisotopic (exact) mass is 255 g/mol. The van der Waals surface area contributed by atoms with Gasteiger partial charge >= 0.3 is 0 Å². The van der Waals surface area contributed by atoms with Crippen molar-refractivity contribution in [3.05, 3.63) is 0 Å². The lowest BCUT2D eigenvalue weighted by atomic mass is 9.77. The van der Waals surface area contributed by atoms with E-state index in [1.807, 2.05) is 0 Å². The number of hydrogen-bond acceptors (Lipinski definition) is 2. The molecule has 0 unspecified atom stereocenters. The molecule has 0 aromatic rings. The molecule has 0 radical (unpaired) electrons. The van der Waals surface area contributed by atoms with Crippen molar-refractivity contribution in [3.8, 4) is 0 Å². The van der Waals surface area contributed by atoms with E-state index < -0.39 is 0 Å². The van der Waals surface area contributed by atoms with Crippen LogP contribution < -0.4 is 5.32 Å². The van der Waals surface area contributed by atoms with Crippen molar-refractivity contribution in [1.29, 1.82) is 0 Å². The van der Waals surface area contributed by atoms with Gasteiger partial charge in [-0.15, -0.1) is 0 Å². The van der Waals surface area contributed by atoms with Gasteiger partial charge in [-0.1, -0.05) is 34.1 Å². The van der Waals surface area contributed by atoms with Crippen LogP contribution in [0, 0.1) is 11.8 Å². The molecule has 108 valence electrons. The summed E-state index contributed by atoms with van der Waals surface area (Å²) in [7, 11) is 0. The zero-order valence-corrected chi connectivity index (χ0v) is 12.9. The van der Waals surface area contributed by atoms with Crippen LogP contribution in [0.3, 0.4) is 0 Å². The maximum atomic E-state index is 6.31. The van der Waals surface area contributed by atoms with Crippen molar-refractivity contribution < 1.29 is 4.74 Å². The molecule has 0 aromatic carbocycles. The fraction of sp³-hybridized carbons (Fsp3) is 1.00. The standard InChI is InChI=1S/C16H33NO/c1-5-15-7-10-16(11-8-15,13-17-6-2)18-12-9-14(3)4/h14-15,17H,5-13H2,1-4H3. The molecular weight excluding hydrogens is 222 g/mol. The summed E-state index contributed by atoms with van der Waals surface area (Å²) >= 11 is 0. The van der Waals surface area contributed by atoms with Crippen molar-refractivity contribution in [2.24, 2.45) is 11.8 Å². The third kappa shape index (κ3) is 5.27. The van der Waals surface area contributed by atoms with Gasteiger partial charge in [0.15, 0.2) is 0 Å². The van der Waals surface area contributed by atoms with Gasteiger partial charge in [0, 0.05) is 13.2 Å². The topological polar surface area (TPSA) is 21.3 Å². The molecule has 1 aliphatic rings. The SMILES string of the molecule is CCNCC1(OCCC(C)C)CCC(CC)CC1. The van der Waals surface area contributed by atoms with Gasteiger partial charge in [0.2, 0.25) is 0 Å². The summed E-state index contributed by atoms with van der Waals surface area (Å²) in [6.07, 6.45) is 7.72. The van der Waals surface area contributed by atoms with Crippen LogP contribution in [0.4, 0.5) is 0 Å². The summed E-state index contributed by atoms with van der Waals surface area (Å²) in [5, 5.41) is 3.50. The van der Waals surface area contributed by atoms with E-state index >= 15 is 0 Å². The Morgan fingerprint density at radius 3 is 2.39 bits per heavy atom. The number of rotatable bonds is 8. The summed E-state index contributed by atoms with van der Waals surface area (Å²) in [5.74, 6) is 1.68. The minimum absolute atomic E-state index is 0.135. The number of ether oxygens (including phenoxy) is 1. The highest BCUT2D eigenvalue weighted by Crippen LogP contribution is 2.36. The highest BCUT2D eigenvalue weighted by atomic mass is 16.5. The molecule has 1 N–H and O–H groups in total. The van der Waals surface area contributed by atoms with Gasteiger partial charge in [-0.05, 0) is 50.5 Å². The number of nitrogens with one attached hydrogen (secondary N) is 1. The molecule has 18 heavy (non-hydrogen) atoms. The molecule has 0 saturated heterocycles. The van der Waals surface area contributed by atoms with Crippen molar-refractivity contribution >= 4 is 0 Å². The van der Waals surface area contributed by atoms with Crippen molar-refractivity contribution in [1.82, 2.24) is 5.32 Å². The molecule has 1 saturated carbocycles. The number of likely N-dealkylation sites (N-methyl/N-ethyl adjacent to an activating group) is 1. The van der Waals surface area contributed by atoms with E-state index in [2.05, 4.69) is 33.0 Å². The average Bonchev–Trinajstić information content (AvgIpc) is 2.37. The fourth-order valence-electron chi connectivity index (χ4n) is 2.85. The largest absolute Gasteiger partial charge is 0.374 e. The first-order valence-corrected chi connectivity index (χ1v) is 7.96. The Morgan fingerprint density at radius 2 is 1.89 bits per heavy atom. The van der Waals surface area contributed by atoms with Gasteiger partial charge in [-0.25, -0.2) is 0 Å². The van der Waals surface area contributed by atoms with Crippen LogP contribution in [0.15, 0.2) is 0 Å². The predicted octanol–water partition coefficient (Wildman–Crippen LogP) is 4.00. The molecular formula is C16H33NO. The third-order valence-corrected chi connectivity index (χ3v) is 4.39. The van der Waals surface area contributed by atoms with Crippen LogP contribution in [-0.4, -0.2) is 25.3 Å². The summed E-state index contributed by atoms with van der Waals surface area (Å²) in [6.45, 7) is 12.1. The molecule has 1 rings (SSSR count). The van der Waals surface area contributed by atoms with Gasteiger partial charge in [0.05, 0.1) is 5.60 Å². The third-order valence-electron chi connectivity index (χ3n) is 4.39. The molecule has 1 fully saturated rings. The summed E-state index contributed by atoms with van der Waals surface area (Å²) in [6, 6.07) is 0. The Bertz CT molecular complexity index is 207. The fourth-order valence-corrected chi connectivity index (χ4v) is 2.85. The highest BCUT2D eigenvalue weighted by Gasteiger charge is 2.35. The Hall–Kier alpha value is -0.0800. The van der Waals surface area contributed by atoms with Crippen LogP contribution in [0.1, 0.15) is 66.2 Å². The minimum atomic E-state index is 0.135. The zero-order chi connectivity index (χ0) is 13.4. The molecule has 0 heterocycles. The average molecular weight is 255 g/mol. The van der Waals surface area contributed by atoms with E-state index in [4.69, 9.17) is 4.74 Å². The van der Waals surface area contributed by atoms with Crippen molar-refractivity contribution in [3.63, 3.8) is 0 Å². The first-order chi connectivity index (χ1) is 8.62. The second-order valence-corrected chi connectivity index (χ2v) is 6.35. The molecule has 1 aliphatic carbocycles. The molecule has 0 amide bonds. The first kappa shape index (κ1) is 16.0. The Morgan fingerprint density at radius 1 is 1.22 bits per heavy atom. The lowest BCUT2D eigenvalue weighted by Gasteiger charge is -2.40. The van der Waals surface area contributed by atoms with Gasteiger partial charge < -0.3 is 10.1 Å². The molecule has 0 aromatic heterocycles. The second kappa shape index (κ2) is 8.16.